The number of hydrogen-bond donors (Lipinski definition) is 1. The van der Waals surface area contributed by atoms with Gasteiger partial charge in [-0.2, -0.15) is 0 Å². The van der Waals surface area contributed by atoms with Gasteiger partial charge >= 0.3 is 5.69 Å². The highest BCUT2D eigenvalue weighted by Gasteiger charge is 1.97. The molecule has 0 unspecified atom stereocenters. The van der Waals surface area contributed by atoms with Crippen LogP contribution >= 0.6 is 0 Å². The van der Waals surface area contributed by atoms with E-state index < -0.39 is 0 Å². The topological polar surface area (TPSA) is 50.9 Å². The zero-order valence-electron chi connectivity index (χ0n) is 6.36. The normalized spacial score (nSPS) is 10.3. The Labute approximate surface area is 68.4 Å². The fraction of sp³-hybridized carbons (Fsp3) is 0.125. The van der Waals surface area contributed by atoms with Gasteiger partial charge < -0.3 is 9.40 Å². The number of H-pyrrole nitrogens is 1. The van der Waals surface area contributed by atoms with Crippen molar-refractivity contribution in [3.63, 3.8) is 0 Å². The SMILES string of the molecule is O=c1[nH]ccn1Cc1ccoc1. The second-order valence-corrected chi connectivity index (χ2v) is 2.52. The minimum Gasteiger partial charge on any atom is -0.472 e. The van der Waals surface area contributed by atoms with Crippen LogP contribution in [0.5, 0.6) is 0 Å². The molecule has 0 saturated carbocycles. The zero-order chi connectivity index (χ0) is 8.39. The average Bonchev–Trinajstić information content (AvgIpc) is 2.65. The Morgan fingerprint density at radius 1 is 1.58 bits per heavy atom. The van der Waals surface area contributed by atoms with Crippen molar-refractivity contribution in [3.05, 3.63) is 47.0 Å². The zero-order valence-corrected chi connectivity index (χ0v) is 6.36. The summed E-state index contributed by atoms with van der Waals surface area (Å²) in [7, 11) is 0. The molecule has 2 aromatic heterocycles. The largest absolute Gasteiger partial charge is 0.472 e. The molecule has 62 valence electrons. The molecular weight excluding hydrogens is 156 g/mol. The van der Waals surface area contributed by atoms with Gasteiger partial charge in [-0.15, -0.1) is 0 Å². The molecule has 0 bridgehead atoms. The molecule has 0 amide bonds. The first-order valence-corrected chi connectivity index (χ1v) is 3.61. The van der Waals surface area contributed by atoms with Crippen LogP contribution in [0.1, 0.15) is 5.56 Å². The van der Waals surface area contributed by atoms with E-state index in [4.69, 9.17) is 4.42 Å². The third-order valence-corrected chi connectivity index (χ3v) is 1.66. The summed E-state index contributed by atoms with van der Waals surface area (Å²) in [4.78, 5) is 13.6. The van der Waals surface area contributed by atoms with Crippen molar-refractivity contribution in [2.45, 2.75) is 6.54 Å². The monoisotopic (exact) mass is 164 g/mol. The molecule has 2 heterocycles. The van der Waals surface area contributed by atoms with E-state index in [9.17, 15) is 4.79 Å². The Hall–Kier alpha value is -1.71. The van der Waals surface area contributed by atoms with E-state index in [2.05, 4.69) is 4.98 Å². The van der Waals surface area contributed by atoms with Gasteiger partial charge in [0.15, 0.2) is 0 Å². The number of aromatic amines is 1. The maximum absolute atomic E-state index is 11.0. The van der Waals surface area contributed by atoms with E-state index in [-0.39, 0.29) is 5.69 Å². The smallest absolute Gasteiger partial charge is 0.325 e. The first kappa shape index (κ1) is 6.97. The molecule has 2 rings (SSSR count). The molecular formula is C8H8N2O2. The number of aromatic nitrogens is 2. The number of furan rings is 1. The van der Waals surface area contributed by atoms with Crippen LogP contribution in [-0.2, 0) is 6.54 Å². The van der Waals surface area contributed by atoms with Crippen LogP contribution in [0.25, 0.3) is 0 Å². The lowest BCUT2D eigenvalue weighted by molar-refractivity contribution is 0.561. The summed E-state index contributed by atoms with van der Waals surface area (Å²) >= 11 is 0. The number of nitrogens with zero attached hydrogens (tertiary/aromatic N) is 1. The van der Waals surface area contributed by atoms with Crippen LogP contribution < -0.4 is 5.69 Å². The van der Waals surface area contributed by atoms with Gasteiger partial charge in [-0.1, -0.05) is 0 Å². The summed E-state index contributed by atoms with van der Waals surface area (Å²) < 4.78 is 6.45. The van der Waals surface area contributed by atoms with Gasteiger partial charge in [0.05, 0.1) is 19.1 Å². The van der Waals surface area contributed by atoms with E-state index in [1.807, 2.05) is 6.07 Å². The van der Waals surface area contributed by atoms with Crippen molar-refractivity contribution >= 4 is 0 Å². The average molecular weight is 164 g/mol. The van der Waals surface area contributed by atoms with E-state index in [0.717, 1.165) is 5.56 Å². The fourth-order valence-corrected chi connectivity index (χ4v) is 1.05. The van der Waals surface area contributed by atoms with Crippen molar-refractivity contribution < 1.29 is 4.42 Å². The van der Waals surface area contributed by atoms with Crippen LogP contribution in [-0.4, -0.2) is 9.55 Å². The van der Waals surface area contributed by atoms with E-state index in [0.29, 0.717) is 6.54 Å². The summed E-state index contributed by atoms with van der Waals surface area (Å²) in [6.45, 7) is 0.554. The first-order valence-electron chi connectivity index (χ1n) is 3.61. The Morgan fingerprint density at radius 3 is 3.08 bits per heavy atom. The van der Waals surface area contributed by atoms with Crippen molar-refractivity contribution in [3.8, 4) is 0 Å². The summed E-state index contributed by atoms with van der Waals surface area (Å²) in [6, 6.07) is 1.83. The summed E-state index contributed by atoms with van der Waals surface area (Å²) in [5, 5.41) is 0. The van der Waals surface area contributed by atoms with Crippen molar-refractivity contribution in [2.24, 2.45) is 0 Å². The molecule has 0 aliphatic heterocycles. The van der Waals surface area contributed by atoms with Crippen LogP contribution in [0, 0.1) is 0 Å². The molecule has 0 aliphatic rings. The van der Waals surface area contributed by atoms with Gasteiger partial charge in [-0.25, -0.2) is 4.79 Å². The molecule has 0 fully saturated rings. The molecule has 0 spiro atoms. The number of imidazole rings is 1. The van der Waals surface area contributed by atoms with Crippen LogP contribution in [0.4, 0.5) is 0 Å². The maximum atomic E-state index is 11.0. The number of nitrogens with one attached hydrogen (secondary N) is 1. The molecule has 0 aromatic carbocycles. The lowest BCUT2D eigenvalue weighted by Crippen LogP contribution is -2.16. The molecule has 0 aliphatic carbocycles. The Bertz CT molecular complexity index is 397. The quantitative estimate of drug-likeness (QED) is 0.714. The van der Waals surface area contributed by atoms with Gasteiger partial charge in [0.1, 0.15) is 0 Å². The highest BCUT2D eigenvalue weighted by molar-refractivity contribution is 5.05. The molecule has 2 aromatic rings. The van der Waals surface area contributed by atoms with Crippen molar-refractivity contribution in [2.75, 3.05) is 0 Å². The molecule has 12 heavy (non-hydrogen) atoms. The second kappa shape index (κ2) is 2.73. The Balaban J connectivity index is 2.25. The standard InChI is InChI=1S/C8H8N2O2/c11-8-9-2-3-10(8)5-7-1-4-12-6-7/h1-4,6H,5H2,(H,9,11). The highest BCUT2D eigenvalue weighted by atomic mass is 16.3. The van der Waals surface area contributed by atoms with Gasteiger partial charge in [0.2, 0.25) is 0 Å². The molecule has 0 saturated heterocycles. The number of hydrogen-bond acceptors (Lipinski definition) is 2. The summed E-state index contributed by atoms with van der Waals surface area (Å²) in [5.74, 6) is 0. The van der Waals surface area contributed by atoms with Gasteiger partial charge in [-0.05, 0) is 6.07 Å². The van der Waals surface area contributed by atoms with Crippen LogP contribution in [0.15, 0.2) is 40.2 Å². The predicted octanol–water partition coefficient (Wildman–Crippen LogP) is 0.818. The van der Waals surface area contributed by atoms with Crippen molar-refractivity contribution in [1.82, 2.24) is 9.55 Å². The number of rotatable bonds is 2. The van der Waals surface area contributed by atoms with E-state index in [1.54, 1.807) is 29.5 Å². The minimum absolute atomic E-state index is 0.101. The van der Waals surface area contributed by atoms with E-state index in [1.165, 1.54) is 0 Å². The van der Waals surface area contributed by atoms with Crippen LogP contribution in [0.3, 0.4) is 0 Å². The molecule has 0 atom stereocenters. The van der Waals surface area contributed by atoms with Crippen molar-refractivity contribution in [1.29, 1.82) is 0 Å². The Morgan fingerprint density at radius 2 is 2.50 bits per heavy atom. The molecule has 0 radical (unpaired) electrons. The lowest BCUT2D eigenvalue weighted by atomic mass is 10.3. The predicted molar refractivity (Wildman–Crippen MR) is 42.9 cm³/mol. The Kier molecular flexibility index (Phi) is 1.59. The third-order valence-electron chi connectivity index (χ3n) is 1.66. The van der Waals surface area contributed by atoms with Gasteiger partial charge in [0.25, 0.3) is 0 Å². The van der Waals surface area contributed by atoms with Crippen LogP contribution in [0.2, 0.25) is 0 Å². The molecule has 1 N–H and O–H groups in total. The fourth-order valence-electron chi connectivity index (χ4n) is 1.05. The maximum Gasteiger partial charge on any atom is 0.325 e. The van der Waals surface area contributed by atoms with Gasteiger partial charge in [-0.3, -0.25) is 4.57 Å². The molecule has 4 heteroatoms. The summed E-state index contributed by atoms with van der Waals surface area (Å²) in [5.41, 5.74) is 0.882. The minimum atomic E-state index is -0.101. The molecule has 4 nitrogen and oxygen atoms in total. The first-order chi connectivity index (χ1) is 5.86. The lowest BCUT2D eigenvalue weighted by Gasteiger charge is -1.94. The van der Waals surface area contributed by atoms with E-state index >= 15 is 0 Å². The van der Waals surface area contributed by atoms with Gasteiger partial charge in [0, 0.05) is 18.0 Å². The highest BCUT2D eigenvalue weighted by Crippen LogP contribution is 2.00. The third kappa shape index (κ3) is 1.18. The summed E-state index contributed by atoms with van der Waals surface area (Å²) in [6.07, 6.45) is 6.53. The second-order valence-electron chi connectivity index (χ2n) is 2.52.